The van der Waals surface area contributed by atoms with Crippen molar-refractivity contribution in [2.45, 2.75) is 37.4 Å². The van der Waals surface area contributed by atoms with Crippen molar-refractivity contribution in [1.29, 1.82) is 0 Å². The zero-order chi connectivity index (χ0) is 25.0. The number of carbonyl (C=O) groups is 2. The van der Waals surface area contributed by atoms with E-state index in [2.05, 4.69) is 4.98 Å². The second-order valence-electron chi connectivity index (χ2n) is 8.82. The molecule has 0 atom stereocenters. The fourth-order valence-corrected chi connectivity index (χ4v) is 4.69. The van der Waals surface area contributed by atoms with Crippen molar-refractivity contribution >= 4 is 23.3 Å². The normalized spacial score (nSPS) is 16.5. The highest BCUT2D eigenvalue weighted by molar-refractivity contribution is 6.42. The number of aromatic amines is 1. The second-order valence-corrected chi connectivity index (χ2v) is 9.25. The van der Waals surface area contributed by atoms with Gasteiger partial charge in [-0.2, -0.15) is 13.2 Å². The average molecular weight is 502 g/mol. The number of hydrogen-bond donors (Lipinski definition) is 1. The van der Waals surface area contributed by atoms with E-state index in [1.165, 1.54) is 11.0 Å². The third kappa shape index (κ3) is 4.25. The first-order valence-electron chi connectivity index (χ1n) is 11.0. The van der Waals surface area contributed by atoms with Crippen LogP contribution in [0.5, 0.6) is 0 Å². The lowest BCUT2D eigenvalue weighted by atomic mass is 9.94. The molecule has 35 heavy (non-hydrogen) atoms. The van der Waals surface area contributed by atoms with Gasteiger partial charge in [-0.1, -0.05) is 35.9 Å². The summed E-state index contributed by atoms with van der Waals surface area (Å²) in [6, 6.07) is 11.2. The van der Waals surface area contributed by atoms with Gasteiger partial charge in [-0.05, 0) is 42.7 Å². The van der Waals surface area contributed by atoms with Crippen molar-refractivity contribution in [3.05, 3.63) is 97.7 Å². The fourth-order valence-electron chi connectivity index (χ4n) is 4.50. The number of alkyl halides is 3. The van der Waals surface area contributed by atoms with Gasteiger partial charge < -0.3 is 9.88 Å². The molecule has 0 spiro atoms. The third-order valence-electron chi connectivity index (χ3n) is 6.58. The Hall–Kier alpha value is -3.46. The molecule has 5 rings (SSSR count). The number of nitrogens with one attached hydrogen (secondary N) is 1. The van der Waals surface area contributed by atoms with Gasteiger partial charge >= 0.3 is 6.18 Å². The minimum Gasteiger partial charge on any atom is -0.331 e. The molecule has 1 amide bonds. The maximum absolute atomic E-state index is 13.0. The lowest BCUT2D eigenvalue weighted by molar-refractivity contribution is -0.137. The van der Waals surface area contributed by atoms with Gasteiger partial charge in [-0.15, -0.1) is 0 Å². The molecule has 0 saturated heterocycles. The van der Waals surface area contributed by atoms with E-state index in [1.54, 1.807) is 6.07 Å². The Balaban J connectivity index is 1.39. The van der Waals surface area contributed by atoms with Gasteiger partial charge in [0, 0.05) is 23.6 Å². The van der Waals surface area contributed by atoms with E-state index in [0.717, 1.165) is 30.5 Å². The Kier molecular flexibility index (Phi) is 5.55. The smallest absolute Gasteiger partial charge is 0.331 e. The van der Waals surface area contributed by atoms with Crippen LogP contribution in [0.2, 0.25) is 5.02 Å². The Morgan fingerprint density at radius 2 is 1.83 bits per heavy atom. The lowest BCUT2D eigenvalue weighted by Crippen LogP contribution is -2.43. The van der Waals surface area contributed by atoms with Crippen LogP contribution in [0.25, 0.3) is 0 Å². The van der Waals surface area contributed by atoms with Gasteiger partial charge in [-0.3, -0.25) is 14.4 Å². The number of fused-ring (bicyclic) bond motifs is 1. The van der Waals surface area contributed by atoms with Gasteiger partial charge in [0.15, 0.2) is 0 Å². The SMILES string of the molecule is O=C(C(=O)N1CCc2nc(C3(c4cccc(Cl)c4)CC3)[nH]c(=O)c2C1)c1cccc(C(F)(F)F)c1. The molecule has 1 saturated carbocycles. The van der Waals surface area contributed by atoms with E-state index in [1.807, 2.05) is 18.2 Å². The average Bonchev–Trinajstić information content (AvgIpc) is 3.65. The highest BCUT2D eigenvalue weighted by Crippen LogP contribution is 2.52. The van der Waals surface area contributed by atoms with E-state index in [9.17, 15) is 27.6 Å². The number of aromatic nitrogens is 2. The fraction of sp³-hybridized carbons (Fsp3) is 0.280. The molecule has 0 unspecified atom stereocenters. The largest absolute Gasteiger partial charge is 0.416 e. The van der Waals surface area contributed by atoms with Crippen molar-refractivity contribution in [2.24, 2.45) is 0 Å². The molecule has 1 fully saturated rings. The van der Waals surface area contributed by atoms with Crippen molar-refractivity contribution in [3.8, 4) is 0 Å². The maximum Gasteiger partial charge on any atom is 0.416 e. The molecule has 180 valence electrons. The number of carbonyl (C=O) groups excluding carboxylic acids is 2. The number of Topliss-reactive ketones (excluding diaryl/α,β-unsaturated/α-hetero) is 1. The van der Waals surface area contributed by atoms with Crippen LogP contribution < -0.4 is 5.56 Å². The highest BCUT2D eigenvalue weighted by Gasteiger charge is 2.49. The Bertz CT molecular complexity index is 1410. The molecule has 0 radical (unpaired) electrons. The monoisotopic (exact) mass is 501 g/mol. The number of benzene rings is 2. The van der Waals surface area contributed by atoms with Crippen molar-refractivity contribution in [1.82, 2.24) is 14.9 Å². The van der Waals surface area contributed by atoms with Crippen LogP contribution in [-0.2, 0) is 29.4 Å². The molecular weight excluding hydrogens is 483 g/mol. The van der Waals surface area contributed by atoms with Crippen molar-refractivity contribution in [3.63, 3.8) is 0 Å². The summed E-state index contributed by atoms with van der Waals surface area (Å²) in [4.78, 5) is 47.1. The Morgan fingerprint density at radius 1 is 1.09 bits per heavy atom. The van der Waals surface area contributed by atoms with Crippen LogP contribution in [0.1, 0.15) is 51.4 Å². The molecule has 2 aromatic carbocycles. The quantitative estimate of drug-likeness (QED) is 0.427. The first-order chi connectivity index (χ1) is 16.6. The van der Waals surface area contributed by atoms with E-state index < -0.39 is 34.4 Å². The molecule has 1 aromatic heterocycles. The van der Waals surface area contributed by atoms with Crippen molar-refractivity contribution in [2.75, 3.05) is 6.54 Å². The zero-order valence-corrected chi connectivity index (χ0v) is 19.0. The molecule has 2 heterocycles. The van der Waals surface area contributed by atoms with E-state index in [-0.39, 0.29) is 30.6 Å². The van der Waals surface area contributed by atoms with Crippen LogP contribution in [0.4, 0.5) is 13.2 Å². The molecule has 1 aliphatic heterocycles. The van der Waals surface area contributed by atoms with Gasteiger partial charge in [0.1, 0.15) is 5.82 Å². The second kappa shape index (κ2) is 8.34. The van der Waals surface area contributed by atoms with Crippen LogP contribution in [0, 0.1) is 0 Å². The molecule has 10 heteroatoms. The Morgan fingerprint density at radius 3 is 2.51 bits per heavy atom. The van der Waals surface area contributed by atoms with Gasteiger partial charge in [0.2, 0.25) is 5.78 Å². The van der Waals surface area contributed by atoms with Crippen LogP contribution in [0.3, 0.4) is 0 Å². The number of H-pyrrole nitrogens is 1. The summed E-state index contributed by atoms with van der Waals surface area (Å²) < 4.78 is 39.0. The topological polar surface area (TPSA) is 83.1 Å². The molecular formula is C25H19ClF3N3O3. The summed E-state index contributed by atoms with van der Waals surface area (Å²) in [7, 11) is 0. The minimum absolute atomic E-state index is 0.122. The third-order valence-corrected chi connectivity index (χ3v) is 6.82. The van der Waals surface area contributed by atoms with E-state index in [4.69, 9.17) is 16.6 Å². The molecule has 1 N–H and O–H groups in total. The molecule has 0 bridgehead atoms. The van der Waals surface area contributed by atoms with E-state index in [0.29, 0.717) is 22.6 Å². The first kappa shape index (κ1) is 23.3. The number of halogens is 4. The van der Waals surface area contributed by atoms with Crippen LogP contribution in [0.15, 0.2) is 53.3 Å². The molecule has 3 aromatic rings. The molecule has 2 aliphatic rings. The van der Waals surface area contributed by atoms with Gasteiger partial charge in [0.05, 0.1) is 28.8 Å². The summed E-state index contributed by atoms with van der Waals surface area (Å²) >= 11 is 6.15. The number of nitrogens with zero attached hydrogens (tertiary/aromatic N) is 2. The maximum atomic E-state index is 13.0. The predicted octanol–water partition coefficient (Wildman–Crippen LogP) is 4.29. The summed E-state index contributed by atoms with van der Waals surface area (Å²) in [5, 5.41) is 0.591. The van der Waals surface area contributed by atoms with Crippen LogP contribution in [-0.4, -0.2) is 33.1 Å². The van der Waals surface area contributed by atoms with Crippen molar-refractivity contribution < 1.29 is 22.8 Å². The van der Waals surface area contributed by atoms with Gasteiger partial charge in [-0.25, -0.2) is 4.98 Å². The number of rotatable bonds is 4. The summed E-state index contributed by atoms with van der Waals surface area (Å²) in [6.45, 7) is -0.0256. The summed E-state index contributed by atoms with van der Waals surface area (Å²) in [5.41, 5.74) is -0.391. The zero-order valence-electron chi connectivity index (χ0n) is 18.3. The number of ketones is 1. The number of amides is 1. The van der Waals surface area contributed by atoms with Gasteiger partial charge in [0.25, 0.3) is 11.5 Å². The Labute approximate surface area is 202 Å². The summed E-state index contributed by atoms with van der Waals surface area (Å²) in [6.07, 6.45) is -2.76. The first-order valence-corrected chi connectivity index (χ1v) is 11.4. The highest BCUT2D eigenvalue weighted by atomic mass is 35.5. The van der Waals surface area contributed by atoms with Crippen LogP contribution >= 0.6 is 11.6 Å². The molecule has 6 nitrogen and oxygen atoms in total. The standard InChI is InChI=1S/C25H19ClF3N3O3/c26-17-6-2-4-15(12-17)24(8-9-24)23-30-19-7-10-32(13-18(19)21(34)31-23)22(35)20(33)14-3-1-5-16(11-14)25(27,28)29/h1-6,11-12H,7-10,13H2,(H,30,31,34). The van der Waals surface area contributed by atoms with E-state index >= 15 is 0 Å². The number of hydrogen-bond acceptors (Lipinski definition) is 4. The lowest BCUT2D eigenvalue weighted by Gasteiger charge is -2.28. The molecule has 1 aliphatic carbocycles. The predicted molar refractivity (Wildman–Crippen MR) is 121 cm³/mol. The minimum atomic E-state index is -4.63. The summed E-state index contributed by atoms with van der Waals surface area (Å²) in [5.74, 6) is -1.47.